The first kappa shape index (κ1) is 17.4. The number of hydrogen-bond acceptors (Lipinski definition) is 5. The van der Waals surface area contributed by atoms with Gasteiger partial charge in [0.2, 0.25) is 11.8 Å². The molecule has 3 fully saturated rings. The van der Waals surface area contributed by atoms with Gasteiger partial charge in [0.1, 0.15) is 0 Å². The summed E-state index contributed by atoms with van der Waals surface area (Å²) in [7, 11) is 0. The second-order valence-electron chi connectivity index (χ2n) is 7.63. The van der Waals surface area contributed by atoms with Gasteiger partial charge in [-0.25, -0.2) is 5.43 Å². The number of fused-ring (bicyclic) bond motifs is 1. The molecule has 1 aromatic heterocycles. The predicted octanol–water partition coefficient (Wildman–Crippen LogP) is 0.582. The Kier molecular flexibility index (Phi) is 5.17. The maximum absolute atomic E-state index is 12.5. The minimum atomic E-state index is -0.246. The highest BCUT2D eigenvalue weighted by molar-refractivity contribution is 5.89. The molecule has 2 aliphatic heterocycles. The van der Waals surface area contributed by atoms with Gasteiger partial charge in [-0.15, -0.1) is 0 Å². The van der Waals surface area contributed by atoms with Crippen LogP contribution in [0, 0.1) is 11.8 Å². The minimum Gasteiger partial charge on any atom is -0.355 e. The Bertz CT molecular complexity index is 653. The van der Waals surface area contributed by atoms with Crippen LogP contribution in [0.1, 0.15) is 37.7 Å². The van der Waals surface area contributed by atoms with Gasteiger partial charge in [0.05, 0.1) is 12.1 Å². The fraction of sp³-hybridized carbons (Fsp3) is 0.632. The summed E-state index contributed by atoms with van der Waals surface area (Å²) in [6, 6.07) is 4.35. The Morgan fingerprint density at radius 3 is 2.88 bits per heavy atom. The molecule has 0 aromatic carbocycles. The van der Waals surface area contributed by atoms with E-state index < -0.39 is 0 Å². The first-order valence-electron chi connectivity index (χ1n) is 9.69. The van der Waals surface area contributed by atoms with Crippen LogP contribution in [0.2, 0.25) is 0 Å². The van der Waals surface area contributed by atoms with E-state index in [2.05, 4.69) is 21.2 Å². The van der Waals surface area contributed by atoms with Gasteiger partial charge < -0.3 is 10.2 Å². The number of nitrogens with zero attached hydrogens (tertiary/aromatic N) is 2. The van der Waals surface area contributed by atoms with E-state index in [0.717, 1.165) is 24.8 Å². The second-order valence-corrected chi connectivity index (χ2v) is 7.63. The van der Waals surface area contributed by atoms with E-state index in [0.29, 0.717) is 31.5 Å². The van der Waals surface area contributed by atoms with Crippen LogP contribution in [0.25, 0.3) is 0 Å². The molecule has 140 valence electrons. The van der Waals surface area contributed by atoms with E-state index in [1.165, 1.54) is 12.8 Å². The van der Waals surface area contributed by atoms with Gasteiger partial charge in [-0.1, -0.05) is 12.8 Å². The summed E-state index contributed by atoms with van der Waals surface area (Å²) in [5, 5.41) is 2.99. The fourth-order valence-electron chi connectivity index (χ4n) is 4.53. The molecule has 2 saturated heterocycles. The number of hydrazine groups is 1. The van der Waals surface area contributed by atoms with E-state index in [4.69, 9.17) is 0 Å². The van der Waals surface area contributed by atoms with Crippen molar-refractivity contribution in [2.24, 2.45) is 11.8 Å². The van der Waals surface area contributed by atoms with E-state index in [1.807, 2.05) is 17.0 Å². The zero-order valence-corrected chi connectivity index (χ0v) is 15.0. The SMILES string of the molecule is O=C(NCCc1ccncc1)C1CC(=O)N(C2NNC3CCCCC32)C1. The van der Waals surface area contributed by atoms with E-state index in [9.17, 15) is 9.59 Å². The van der Waals surface area contributed by atoms with E-state index >= 15 is 0 Å². The molecule has 26 heavy (non-hydrogen) atoms. The summed E-state index contributed by atoms with van der Waals surface area (Å²) in [6.45, 7) is 1.10. The average Bonchev–Trinajstić information content (AvgIpc) is 3.26. The summed E-state index contributed by atoms with van der Waals surface area (Å²) in [5.41, 5.74) is 7.81. The number of aromatic nitrogens is 1. The van der Waals surface area contributed by atoms with Crippen molar-refractivity contribution < 1.29 is 9.59 Å². The van der Waals surface area contributed by atoms with Gasteiger partial charge >= 0.3 is 0 Å². The molecule has 3 N–H and O–H groups in total. The van der Waals surface area contributed by atoms with E-state index in [1.54, 1.807) is 12.4 Å². The standard InChI is InChI=1S/C19H27N5O2/c25-17-11-14(19(26)21-10-7-13-5-8-20-9-6-13)12-24(17)18-15-3-1-2-4-16(15)22-23-18/h5-6,8-9,14-16,18,22-23H,1-4,7,10-12H2,(H,21,26). The first-order valence-corrected chi connectivity index (χ1v) is 9.69. The van der Waals surface area contributed by atoms with Crippen molar-refractivity contribution in [3.8, 4) is 0 Å². The zero-order valence-electron chi connectivity index (χ0n) is 15.0. The van der Waals surface area contributed by atoms with Crippen LogP contribution in [-0.4, -0.2) is 47.0 Å². The first-order chi connectivity index (χ1) is 12.7. The Balaban J connectivity index is 1.29. The summed E-state index contributed by atoms with van der Waals surface area (Å²) < 4.78 is 0. The Morgan fingerprint density at radius 2 is 2.04 bits per heavy atom. The zero-order chi connectivity index (χ0) is 17.9. The van der Waals surface area contributed by atoms with Crippen molar-refractivity contribution in [1.29, 1.82) is 0 Å². The summed E-state index contributed by atoms with van der Waals surface area (Å²) >= 11 is 0. The largest absolute Gasteiger partial charge is 0.355 e. The van der Waals surface area contributed by atoms with Crippen molar-refractivity contribution >= 4 is 11.8 Å². The van der Waals surface area contributed by atoms with Gasteiger partial charge in [0.15, 0.2) is 0 Å². The molecule has 7 heteroatoms. The van der Waals surface area contributed by atoms with Crippen molar-refractivity contribution in [2.75, 3.05) is 13.1 Å². The number of carbonyl (C=O) groups excluding carboxylic acids is 2. The molecule has 0 spiro atoms. The second kappa shape index (κ2) is 7.72. The highest BCUT2D eigenvalue weighted by Gasteiger charge is 2.46. The van der Waals surface area contributed by atoms with Crippen LogP contribution in [0.4, 0.5) is 0 Å². The van der Waals surface area contributed by atoms with Crippen LogP contribution in [0.3, 0.4) is 0 Å². The van der Waals surface area contributed by atoms with Gasteiger partial charge in [-0.2, -0.15) is 0 Å². The summed E-state index contributed by atoms with van der Waals surface area (Å²) in [6.07, 6.45) is 9.41. The Morgan fingerprint density at radius 1 is 1.23 bits per heavy atom. The maximum Gasteiger partial charge on any atom is 0.225 e. The van der Waals surface area contributed by atoms with Crippen molar-refractivity contribution in [3.05, 3.63) is 30.1 Å². The smallest absolute Gasteiger partial charge is 0.225 e. The van der Waals surface area contributed by atoms with Gasteiger partial charge in [0.25, 0.3) is 0 Å². The highest BCUT2D eigenvalue weighted by atomic mass is 16.2. The monoisotopic (exact) mass is 357 g/mol. The molecule has 7 nitrogen and oxygen atoms in total. The number of likely N-dealkylation sites (tertiary alicyclic amines) is 1. The number of rotatable bonds is 5. The van der Waals surface area contributed by atoms with Crippen molar-refractivity contribution in [3.63, 3.8) is 0 Å². The molecule has 0 radical (unpaired) electrons. The lowest BCUT2D eigenvalue weighted by Crippen LogP contribution is -2.48. The maximum atomic E-state index is 12.5. The lowest BCUT2D eigenvalue weighted by Gasteiger charge is -2.32. The van der Waals surface area contributed by atoms with Gasteiger partial charge in [0, 0.05) is 43.9 Å². The normalized spacial score (nSPS) is 31.1. The quantitative estimate of drug-likeness (QED) is 0.718. The molecule has 1 saturated carbocycles. The van der Waals surface area contributed by atoms with Gasteiger partial charge in [-0.3, -0.25) is 20.0 Å². The molecular formula is C19H27N5O2. The van der Waals surface area contributed by atoms with Crippen molar-refractivity contribution in [1.82, 2.24) is 26.1 Å². The van der Waals surface area contributed by atoms with Crippen LogP contribution < -0.4 is 16.2 Å². The minimum absolute atomic E-state index is 0.0129. The third-order valence-electron chi connectivity index (χ3n) is 5.97. The number of carbonyl (C=O) groups is 2. The van der Waals surface area contributed by atoms with Crippen LogP contribution >= 0.6 is 0 Å². The molecule has 1 aromatic rings. The fourth-order valence-corrected chi connectivity index (χ4v) is 4.53. The number of nitrogens with one attached hydrogen (secondary N) is 3. The van der Waals surface area contributed by atoms with Crippen molar-refractivity contribution in [2.45, 2.75) is 50.7 Å². The molecule has 4 atom stereocenters. The molecular weight excluding hydrogens is 330 g/mol. The van der Waals surface area contributed by atoms with Crippen LogP contribution in [0.5, 0.6) is 0 Å². The topological polar surface area (TPSA) is 86.4 Å². The predicted molar refractivity (Wildman–Crippen MR) is 96.6 cm³/mol. The lowest BCUT2D eigenvalue weighted by atomic mass is 9.84. The number of hydrogen-bond donors (Lipinski definition) is 3. The van der Waals surface area contributed by atoms with Crippen LogP contribution in [-0.2, 0) is 16.0 Å². The molecule has 4 rings (SSSR count). The molecule has 4 unspecified atom stereocenters. The molecule has 0 bridgehead atoms. The molecule has 3 heterocycles. The molecule has 2 amide bonds. The summed E-state index contributed by atoms with van der Waals surface area (Å²) in [5.74, 6) is 0.288. The summed E-state index contributed by atoms with van der Waals surface area (Å²) in [4.78, 5) is 30.9. The molecule has 1 aliphatic carbocycles. The molecule has 3 aliphatic rings. The third-order valence-corrected chi connectivity index (χ3v) is 5.97. The number of amides is 2. The Hall–Kier alpha value is -1.99. The van der Waals surface area contributed by atoms with Gasteiger partial charge in [-0.05, 0) is 37.0 Å². The average molecular weight is 357 g/mol. The third kappa shape index (κ3) is 3.59. The van der Waals surface area contributed by atoms with Crippen LogP contribution in [0.15, 0.2) is 24.5 Å². The lowest BCUT2D eigenvalue weighted by molar-refractivity contribution is -0.131. The highest BCUT2D eigenvalue weighted by Crippen LogP contribution is 2.34. The number of pyridine rings is 1. The Labute approximate surface area is 153 Å². The van der Waals surface area contributed by atoms with E-state index in [-0.39, 0.29) is 23.9 Å².